The van der Waals surface area contributed by atoms with Crippen LogP contribution in [-0.4, -0.2) is 37.4 Å². The molecule has 21 heavy (non-hydrogen) atoms. The maximum atomic E-state index is 12.4. The van der Waals surface area contributed by atoms with Crippen molar-refractivity contribution in [1.29, 1.82) is 0 Å². The highest BCUT2D eigenvalue weighted by atomic mass is 79.9. The lowest BCUT2D eigenvalue weighted by Crippen LogP contribution is -2.31. The van der Waals surface area contributed by atoms with Gasteiger partial charge < -0.3 is 9.84 Å². The van der Waals surface area contributed by atoms with Crippen LogP contribution in [0.3, 0.4) is 0 Å². The molecule has 0 rings (SSSR count). The van der Waals surface area contributed by atoms with Crippen molar-refractivity contribution in [3.8, 4) is 0 Å². The van der Waals surface area contributed by atoms with Gasteiger partial charge in [0.25, 0.3) is 0 Å². The van der Waals surface area contributed by atoms with E-state index in [4.69, 9.17) is 4.74 Å². The summed E-state index contributed by atoms with van der Waals surface area (Å²) in [6.07, 6.45) is 9.12. The third-order valence-electron chi connectivity index (χ3n) is 4.76. The van der Waals surface area contributed by atoms with E-state index in [1.807, 2.05) is 0 Å². The van der Waals surface area contributed by atoms with Crippen molar-refractivity contribution in [2.45, 2.75) is 64.7 Å². The molecule has 0 saturated carbocycles. The number of ether oxygens (including phenoxy) is 1. The lowest BCUT2D eigenvalue weighted by Gasteiger charge is -2.40. The Kier molecular flexibility index (Phi) is 14.2. The zero-order valence-electron chi connectivity index (χ0n) is 13.9. The minimum Gasteiger partial charge on any atom is -0.396 e. The molecule has 0 bridgehead atoms. The molecule has 0 aromatic rings. The highest BCUT2D eigenvalue weighted by molar-refractivity contribution is 9.09. The average Bonchev–Trinajstić information content (AvgIpc) is 2.47. The first kappa shape index (κ1) is 21.3. The first-order chi connectivity index (χ1) is 10.2. The van der Waals surface area contributed by atoms with Gasteiger partial charge in [0.2, 0.25) is 0 Å². The lowest BCUT2D eigenvalue weighted by atomic mass is 9.66. The summed E-state index contributed by atoms with van der Waals surface area (Å²) < 4.78 is 17.6. The molecule has 0 spiro atoms. The molecule has 1 N–H and O–H groups in total. The van der Waals surface area contributed by atoms with Crippen LogP contribution < -0.4 is 0 Å². The zero-order valence-corrected chi connectivity index (χ0v) is 15.5. The number of hydrogen-bond donors (Lipinski definition) is 1. The SMILES string of the molecule is COCCCC(CCO)(CCCCF)C(C)CCCCBr. The van der Waals surface area contributed by atoms with Gasteiger partial charge >= 0.3 is 0 Å². The summed E-state index contributed by atoms with van der Waals surface area (Å²) in [5.74, 6) is 0.570. The standard InChI is InChI=1S/C17H34BrFO2/c1-16(8-3-5-12-18)17(11-14-20,9-4-6-13-19)10-7-15-21-2/h16,20H,3-15H2,1-2H3. The number of aliphatic hydroxyl groups is 1. The normalized spacial score (nSPS) is 15.9. The fourth-order valence-electron chi connectivity index (χ4n) is 3.33. The van der Waals surface area contributed by atoms with Gasteiger partial charge in [-0.25, -0.2) is 0 Å². The molecule has 0 fully saturated rings. The van der Waals surface area contributed by atoms with Crippen LogP contribution in [0.5, 0.6) is 0 Å². The Balaban J connectivity index is 4.68. The molecule has 0 amide bonds. The molecule has 0 aromatic carbocycles. The second-order valence-corrected chi connectivity index (χ2v) is 6.96. The van der Waals surface area contributed by atoms with Gasteiger partial charge in [-0.05, 0) is 49.9 Å². The van der Waals surface area contributed by atoms with E-state index in [2.05, 4.69) is 22.9 Å². The predicted molar refractivity (Wildman–Crippen MR) is 91.9 cm³/mol. The molecule has 2 unspecified atom stereocenters. The van der Waals surface area contributed by atoms with Gasteiger partial charge in [-0.3, -0.25) is 4.39 Å². The molecule has 4 heteroatoms. The van der Waals surface area contributed by atoms with Crippen LogP contribution in [0.1, 0.15) is 64.7 Å². The maximum absolute atomic E-state index is 12.4. The molecular formula is C17H34BrFO2. The van der Waals surface area contributed by atoms with Gasteiger partial charge in [0.15, 0.2) is 0 Å². The van der Waals surface area contributed by atoms with Crippen LogP contribution in [-0.2, 0) is 4.74 Å². The summed E-state index contributed by atoms with van der Waals surface area (Å²) in [6, 6.07) is 0. The largest absolute Gasteiger partial charge is 0.396 e. The number of halogens is 2. The number of unbranched alkanes of at least 4 members (excludes halogenated alkanes) is 2. The quantitative estimate of drug-likeness (QED) is 0.321. The third-order valence-corrected chi connectivity index (χ3v) is 5.32. The van der Waals surface area contributed by atoms with E-state index >= 15 is 0 Å². The van der Waals surface area contributed by atoms with E-state index in [1.165, 1.54) is 19.3 Å². The fourth-order valence-corrected chi connectivity index (χ4v) is 3.72. The smallest absolute Gasteiger partial charge is 0.0894 e. The Morgan fingerprint density at radius 3 is 2.38 bits per heavy atom. The Morgan fingerprint density at radius 1 is 1.10 bits per heavy atom. The van der Waals surface area contributed by atoms with E-state index in [1.54, 1.807) is 7.11 Å². The Labute approximate surface area is 139 Å². The second kappa shape index (κ2) is 14.0. The number of methoxy groups -OCH3 is 1. The summed E-state index contributed by atoms with van der Waals surface area (Å²) in [7, 11) is 1.73. The van der Waals surface area contributed by atoms with E-state index in [-0.39, 0.29) is 18.7 Å². The van der Waals surface area contributed by atoms with Crippen LogP contribution in [0.4, 0.5) is 4.39 Å². The first-order valence-electron chi connectivity index (χ1n) is 8.38. The van der Waals surface area contributed by atoms with Gasteiger partial charge in [0.1, 0.15) is 0 Å². The van der Waals surface area contributed by atoms with E-state index in [0.29, 0.717) is 12.3 Å². The number of hydrogen-bond acceptors (Lipinski definition) is 2. The molecule has 2 atom stereocenters. The predicted octanol–water partition coefficient (Wildman–Crippen LogP) is 5.12. The van der Waals surface area contributed by atoms with Crippen molar-refractivity contribution < 1.29 is 14.2 Å². The molecule has 0 aliphatic rings. The van der Waals surface area contributed by atoms with Gasteiger partial charge in [-0.15, -0.1) is 0 Å². The molecular weight excluding hydrogens is 335 g/mol. The Bertz CT molecular complexity index is 217. The van der Waals surface area contributed by atoms with Gasteiger partial charge in [0, 0.05) is 25.7 Å². The van der Waals surface area contributed by atoms with Crippen molar-refractivity contribution in [2.75, 3.05) is 32.3 Å². The Hall–Kier alpha value is 0.330. The second-order valence-electron chi connectivity index (χ2n) is 6.16. The monoisotopic (exact) mass is 368 g/mol. The third kappa shape index (κ3) is 9.14. The number of aliphatic hydroxyl groups excluding tert-OH is 1. The van der Waals surface area contributed by atoms with E-state index in [9.17, 15) is 9.50 Å². The van der Waals surface area contributed by atoms with Crippen molar-refractivity contribution in [3.05, 3.63) is 0 Å². The molecule has 0 aliphatic heterocycles. The molecule has 2 nitrogen and oxygen atoms in total. The first-order valence-corrected chi connectivity index (χ1v) is 9.50. The van der Waals surface area contributed by atoms with Crippen LogP contribution in [0, 0.1) is 11.3 Å². The van der Waals surface area contributed by atoms with Crippen LogP contribution >= 0.6 is 15.9 Å². The van der Waals surface area contributed by atoms with Crippen molar-refractivity contribution in [2.24, 2.45) is 11.3 Å². The minimum atomic E-state index is -0.231. The van der Waals surface area contributed by atoms with Gasteiger partial charge in [-0.2, -0.15) is 0 Å². The topological polar surface area (TPSA) is 29.5 Å². The zero-order chi connectivity index (χ0) is 16.0. The summed E-state index contributed by atoms with van der Waals surface area (Å²) in [5, 5.41) is 10.6. The molecule has 0 aliphatic carbocycles. The van der Waals surface area contributed by atoms with E-state index in [0.717, 1.165) is 44.0 Å². The van der Waals surface area contributed by atoms with Crippen LogP contribution in [0.2, 0.25) is 0 Å². The van der Waals surface area contributed by atoms with Gasteiger partial charge in [-0.1, -0.05) is 42.1 Å². The summed E-state index contributed by atoms with van der Waals surface area (Å²) in [6.45, 7) is 3.08. The number of rotatable bonds is 15. The summed E-state index contributed by atoms with van der Waals surface area (Å²) in [5.41, 5.74) is 0.148. The van der Waals surface area contributed by atoms with Gasteiger partial charge in [0.05, 0.1) is 6.67 Å². The lowest BCUT2D eigenvalue weighted by molar-refractivity contribution is 0.0685. The highest BCUT2D eigenvalue weighted by Gasteiger charge is 2.34. The molecule has 128 valence electrons. The van der Waals surface area contributed by atoms with E-state index < -0.39 is 0 Å². The summed E-state index contributed by atoms with van der Waals surface area (Å²) >= 11 is 3.49. The van der Waals surface area contributed by atoms with Crippen molar-refractivity contribution in [3.63, 3.8) is 0 Å². The highest BCUT2D eigenvalue weighted by Crippen LogP contribution is 2.43. The van der Waals surface area contributed by atoms with Crippen LogP contribution in [0.15, 0.2) is 0 Å². The maximum Gasteiger partial charge on any atom is 0.0894 e. The van der Waals surface area contributed by atoms with Crippen molar-refractivity contribution >= 4 is 15.9 Å². The number of alkyl halides is 2. The molecule has 0 heterocycles. The minimum absolute atomic E-state index is 0.148. The average molecular weight is 369 g/mol. The summed E-state index contributed by atoms with van der Waals surface area (Å²) in [4.78, 5) is 0. The molecule has 0 saturated heterocycles. The molecule has 0 radical (unpaired) electrons. The molecule has 0 aromatic heterocycles. The Morgan fingerprint density at radius 2 is 1.81 bits per heavy atom. The van der Waals surface area contributed by atoms with Crippen LogP contribution in [0.25, 0.3) is 0 Å². The fraction of sp³-hybridized carbons (Fsp3) is 1.00. The van der Waals surface area contributed by atoms with Crippen molar-refractivity contribution in [1.82, 2.24) is 0 Å².